The second kappa shape index (κ2) is 6.46. The van der Waals surface area contributed by atoms with Gasteiger partial charge in [0.05, 0.1) is 17.1 Å². The molecule has 0 spiro atoms. The first-order chi connectivity index (χ1) is 10.6. The van der Waals surface area contributed by atoms with E-state index in [9.17, 15) is 21.6 Å². The van der Waals surface area contributed by atoms with Crippen LogP contribution in [0, 0.1) is 0 Å². The quantitative estimate of drug-likeness (QED) is 0.879. The van der Waals surface area contributed by atoms with Gasteiger partial charge in [-0.05, 0) is 25.1 Å². The van der Waals surface area contributed by atoms with Gasteiger partial charge in [0.25, 0.3) is 0 Å². The zero-order valence-corrected chi connectivity index (χ0v) is 13.4. The highest BCUT2D eigenvalue weighted by molar-refractivity contribution is 7.89. The largest absolute Gasteiger partial charge is 0.416 e. The van der Waals surface area contributed by atoms with Crippen molar-refractivity contribution in [2.24, 2.45) is 0 Å². The zero-order valence-electron chi connectivity index (χ0n) is 11.8. The van der Waals surface area contributed by atoms with Crippen LogP contribution in [-0.2, 0) is 29.3 Å². The van der Waals surface area contributed by atoms with Crippen LogP contribution in [0.5, 0.6) is 0 Å². The van der Waals surface area contributed by atoms with Gasteiger partial charge in [0.1, 0.15) is 17.0 Å². The first-order valence-corrected chi connectivity index (χ1v) is 8.24. The average molecular weight is 369 g/mol. The van der Waals surface area contributed by atoms with E-state index in [1.807, 2.05) is 6.92 Å². The van der Waals surface area contributed by atoms with E-state index < -0.39 is 26.7 Å². The van der Waals surface area contributed by atoms with Crippen molar-refractivity contribution in [2.45, 2.75) is 31.1 Å². The molecule has 1 aromatic carbocycles. The molecule has 23 heavy (non-hydrogen) atoms. The lowest BCUT2D eigenvalue weighted by Gasteiger charge is -2.12. The summed E-state index contributed by atoms with van der Waals surface area (Å²) in [5, 5.41) is 7.07. The number of nitrogens with one attached hydrogen (secondary N) is 1. The molecular formula is C12H12ClF3N4O2S. The Labute approximate surface area is 135 Å². The molecule has 0 bridgehead atoms. The van der Waals surface area contributed by atoms with Gasteiger partial charge in [-0.15, -0.1) is 10.2 Å². The lowest BCUT2D eigenvalue weighted by molar-refractivity contribution is -0.137. The SMILES string of the molecule is CCn1cnnc1CNS(=O)(=O)c1cc(C(F)(F)F)ccc1Cl. The fourth-order valence-corrected chi connectivity index (χ4v) is 3.31. The van der Waals surface area contributed by atoms with Crippen LogP contribution >= 0.6 is 11.6 Å². The second-order valence-electron chi connectivity index (χ2n) is 4.50. The molecule has 0 aliphatic heterocycles. The van der Waals surface area contributed by atoms with Gasteiger partial charge in [0.2, 0.25) is 10.0 Å². The van der Waals surface area contributed by atoms with Crippen molar-refractivity contribution in [3.63, 3.8) is 0 Å². The average Bonchev–Trinajstić information content (AvgIpc) is 2.91. The molecule has 1 N–H and O–H groups in total. The van der Waals surface area contributed by atoms with Gasteiger partial charge in [-0.2, -0.15) is 13.2 Å². The third-order valence-corrected chi connectivity index (χ3v) is 4.89. The summed E-state index contributed by atoms with van der Waals surface area (Å²) in [7, 11) is -4.24. The molecule has 1 aromatic heterocycles. The van der Waals surface area contributed by atoms with Crippen LogP contribution < -0.4 is 4.72 Å². The molecule has 1 heterocycles. The Morgan fingerprint density at radius 1 is 1.35 bits per heavy atom. The van der Waals surface area contributed by atoms with E-state index in [0.29, 0.717) is 18.4 Å². The highest BCUT2D eigenvalue weighted by atomic mass is 35.5. The van der Waals surface area contributed by atoms with Crippen molar-refractivity contribution in [1.29, 1.82) is 0 Å². The monoisotopic (exact) mass is 368 g/mol. The lowest BCUT2D eigenvalue weighted by Crippen LogP contribution is -2.25. The Hall–Kier alpha value is -1.65. The second-order valence-corrected chi connectivity index (χ2v) is 6.64. The maximum atomic E-state index is 12.7. The van der Waals surface area contributed by atoms with Gasteiger partial charge < -0.3 is 4.57 Å². The molecule has 2 rings (SSSR count). The van der Waals surface area contributed by atoms with Crippen molar-refractivity contribution in [2.75, 3.05) is 0 Å². The Morgan fingerprint density at radius 3 is 2.65 bits per heavy atom. The van der Waals surface area contributed by atoms with Crippen LogP contribution in [0.25, 0.3) is 0 Å². The molecule has 0 aliphatic carbocycles. The summed E-state index contributed by atoms with van der Waals surface area (Å²) in [6.07, 6.45) is -3.25. The molecule has 0 fully saturated rings. The summed E-state index contributed by atoms with van der Waals surface area (Å²) >= 11 is 5.73. The van der Waals surface area contributed by atoms with E-state index in [4.69, 9.17) is 11.6 Å². The highest BCUT2D eigenvalue weighted by Gasteiger charge is 2.32. The summed E-state index contributed by atoms with van der Waals surface area (Å²) in [6.45, 7) is 2.11. The van der Waals surface area contributed by atoms with Gasteiger partial charge in [-0.1, -0.05) is 11.6 Å². The molecular weight excluding hydrogens is 357 g/mol. The number of alkyl halides is 3. The van der Waals surface area contributed by atoms with E-state index in [0.717, 1.165) is 12.1 Å². The number of sulfonamides is 1. The number of aromatic nitrogens is 3. The molecule has 0 unspecified atom stereocenters. The minimum absolute atomic E-state index is 0.219. The molecule has 6 nitrogen and oxygen atoms in total. The van der Waals surface area contributed by atoms with Gasteiger partial charge >= 0.3 is 6.18 Å². The molecule has 2 aromatic rings. The molecule has 0 atom stereocenters. The summed E-state index contributed by atoms with van der Waals surface area (Å²) in [4.78, 5) is -0.642. The predicted molar refractivity (Wildman–Crippen MR) is 76.2 cm³/mol. The van der Waals surface area contributed by atoms with E-state index in [-0.39, 0.29) is 11.6 Å². The van der Waals surface area contributed by atoms with Gasteiger partial charge in [0.15, 0.2) is 0 Å². The lowest BCUT2D eigenvalue weighted by atomic mass is 10.2. The van der Waals surface area contributed by atoms with Crippen LogP contribution in [0.4, 0.5) is 13.2 Å². The first kappa shape index (κ1) is 17.7. The van der Waals surface area contributed by atoms with Crippen molar-refractivity contribution < 1.29 is 21.6 Å². The molecule has 0 saturated carbocycles. The number of hydrogen-bond donors (Lipinski definition) is 1. The third-order valence-electron chi connectivity index (χ3n) is 3.00. The number of aryl methyl sites for hydroxylation is 1. The van der Waals surface area contributed by atoms with Gasteiger partial charge in [-0.3, -0.25) is 0 Å². The van der Waals surface area contributed by atoms with E-state index >= 15 is 0 Å². The highest BCUT2D eigenvalue weighted by Crippen LogP contribution is 2.33. The number of rotatable bonds is 5. The van der Waals surface area contributed by atoms with Crippen molar-refractivity contribution in [3.8, 4) is 0 Å². The normalized spacial score (nSPS) is 12.6. The van der Waals surface area contributed by atoms with E-state index in [1.54, 1.807) is 4.57 Å². The van der Waals surface area contributed by atoms with Crippen LogP contribution in [-0.4, -0.2) is 23.2 Å². The van der Waals surface area contributed by atoms with Crippen molar-refractivity contribution in [1.82, 2.24) is 19.5 Å². The fraction of sp³-hybridized carbons (Fsp3) is 0.333. The topological polar surface area (TPSA) is 76.9 Å². The fourth-order valence-electron chi connectivity index (χ4n) is 1.80. The summed E-state index contributed by atoms with van der Waals surface area (Å²) in [5.74, 6) is 0.333. The maximum Gasteiger partial charge on any atom is 0.416 e. The van der Waals surface area contributed by atoms with Crippen LogP contribution in [0.3, 0.4) is 0 Å². The molecule has 126 valence electrons. The minimum atomic E-state index is -4.67. The smallest absolute Gasteiger partial charge is 0.317 e. The summed E-state index contributed by atoms with van der Waals surface area (Å²) in [6, 6.07) is 2.11. The zero-order chi connectivity index (χ0) is 17.3. The molecule has 0 radical (unpaired) electrons. The van der Waals surface area contributed by atoms with Crippen molar-refractivity contribution >= 4 is 21.6 Å². The Morgan fingerprint density at radius 2 is 2.04 bits per heavy atom. The predicted octanol–water partition coefficient (Wildman–Crippen LogP) is 2.45. The number of halogens is 4. The third kappa shape index (κ3) is 4.01. The van der Waals surface area contributed by atoms with Gasteiger partial charge in [-0.25, -0.2) is 13.1 Å². The van der Waals surface area contributed by atoms with Crippen LogP contribution in [0.1, 0.15) is 18.3 Å². The number of hydrogen-bond acceptors (Lipinski definition) is 4. The number of benzene rings is 1. The number of nitrogens with zero attached hydrogens (tertiary/aromatic N) is 3. The van der Waals surface area contributed by atoms with E-state index in [2.05, 4.69) is 14.9 Å². The maximum absolute atomic E-state index is 12.7. The molecule has 0 amide bonds. The molecule has 0 aliphatic rings. The summed E-state index contributed by atoms with van der Waals surface area (Å²) in [5.41, 5.74) is -1.10. The Kier molecular flexibility index (Phi) is 4.97. The Bertz CT molecular complexity index is 805. The minimum Gasteiger partial charge on any atom is -0.317 e. The summed E-state index contributed by atoms with van der Waals surface area (Å²) < 4.78 is 66.3. The molecule has 11 heteroatoms. The first-order valence-electron chi connectivity index (χ1n) is 6.38. The van der Waals surface area contributed by atoms with Gasteiger partial charge in [0, 0.05) is 6.54 Å². The van der Waals surface area contributed by atoms with E-state index in [1.165, 1.54) is 6.33 Å². The van der Waals surface area contributed by atoms with Crippen molar-refractivity contribution in [3.05, 3.63) is 40.9 Å². The molecule has 0 saturated heterocycles. The Balaban J connectivity index is 2.29. The van der Waals surface area contributed by atoms with Crippen LogP contribution in [0.2, 0.25) is 5.02 Å². The standard InChI is InChI=1S/C12H12ClF3N4O2S/c1-2-20-7-17-19-11(20)6-18-23(21,22)10-5-8(12(14,15)16)3-4-9(10)13/h3-5,7,18H,2,6H2,1H3. The van der Waals surface area contributed by atoms with Crippen LogP contribution in [0.15, 0.2) is 29.4 Å².